The van der Waals surface area contributed by atoms with Crippen LogP contribution in [-0.2, 0) is 14.3 Å². The molecule has 0 aromatic heterocycles. The lowest BCUT2D eigenvalue weighted by atomic mass is 10.0. The molecule has 0 spiro atoms. The zero-order valence-electron chi connectivity index (χ0n) is 20.2. The Morgan fingerprint density at radius 2 is 1.19 bits per heavy atom. The maximum atomic E-state index is 12.1. The van der Waals surface area contributed by atoms with Gasteiger partial charge in [0.25, 0.3) is 0 Å². The molecule has 0 fully saturated rings. The Hall–Kier alpha value is -1.36. The van der Waals surface area contributed by atoms with E-state index in [1.54, 1.807) is 0 Å². The number of carbonyl (C=O) groups is 2. The number of carboxylic acids is 1. The average Bonchev–Trinajstić information content (AvgIpc) is 2.71. The summed E-state index contributed by atoms with van der Waals surface area (Å²) < 4.78 is 5.25. The molecule has 2 N–H and O–H groups in total. The Morgan fingerprint density at radius 1 is 0.742 bits per heavy atom. The summed E-state index contributed by atoms with van der Waals surface area (Å²) in [6, 6.07) is 0. The first-order chi connectivity index (χ1) is 15.0. The third-order valence-electron chi connectivity index (χ3n) is 5.60. The Labute approximate surface area is 190 Å². The monoisotopic (exact) mass is 440 g/mol. The van der Waals surface area contributed by atoms with Gasteiger partial charge in [0, 0.05) is 6.42 Å². The number of ether oxygens (including phenoxy) is 1. The number of allylic oxidation sites excluding steroid dienone is 1. The van der Waals surface area contributed by atoms with E-state index in [1.165, 1.54) is 70.6 Å². The summed E-state index contributed by atoms with van der Waals surface area (Å²) in [5.41, 5.74) is 0. The fourth-order valence-corrected chi connectivity index (χ4v) is 3.72. The number of carbonyl (C=O) groups excluding carboxylic acids is 1. The Balaban J connectivity index is 3.95. The maximum absolute atomic E-state index is 12.1. The summed E-state index contributed by atoms with van der Waals surface area (Å²) in [4.78, 5) is 23.1. The highest BCUT2D eigenvalue weighted by Gasteiger charge is 2.14. The zero-order valence-corrected chi connectivity index (χ0v) is 20.2. The highest BCUT2D eigenvalue weighted by molar-refractivity contribution is 5.81. The third-order valence-corrected chi connectivity index (χ3v) is 5.60. The van der Waals surface area contributed by atoms with E-state index in [9.17, 15) is 14.7 Å². The first-order valence-electron chi connectivity index (χ1n) is 12.8. The predicted molar refractivity (Wildman–Crippen MR) is 127 cm³/mol. The lowest BCUT2D eigenvalue weighted by Gasteiger charge is -2.12. The van der Waals surface area contributed by atoms with Gasteiger partial charge in [-0.15, -0.1) is 0 Å². The van der Waals surface area contributed by atoms with Crippen molar-refractivity contribution in [3.05, 3.63) is 11.8 Å². The quantitative estimate of drug-likeness (QED) is 0.0798. The van der Waals surface area contributed by atoms with Crippen LogP contribution in [0.25, 0.3) is 0 Å². The molecule has 0 aromatic rings. The van der Waals surface area contributed by atoms with E-state index >= 15 is 0 Å². The molecule has 5 nitrogen and oxygen atoms in total. The van der Waals surface area contributed by atoms with Crippen LogP contribution >= 0.6 is 0 Å². The largest absolute Gasteiger partial charge is 0.478 e. The van der Waals surface area contributed by atoms with Crippen molar-refractivity contribution < 1.29 is 24.5 Å². The van der Waals surface area contributed by atoms with E-state index in [-0.39, 0.29) is 12.2 Å². The summed E-state index contributed by atoms with van der Waals surface area (Å²) in [7, 11) is 0. The molecule has 31 heavy (non-hydrogen) atoms. The first kappa shape index (κ1) is 29.6. The van der Waals surface area contributed by atoms with E-state index in [0.717, 1.165) is 38.2 Å². The number of hydrogen-bond acceptors (Lipinski definition) is 4. The smallest absolute Gasteiger partial charge is 0.331 e. The van der Waals surface area contributed by atoms with Crippen molar-refractivity contribution in [2.24, 2.45) is 0 Å². The standard InChI is InChI=1S/C26H48O5/c1-3-5-7-9-11-12-14-15-17-19-23(27)21-26(30)31-24(22-25(28)29)20-18-16-13-10-8-6-4-2/h22-23,27H,3-21H2,1-2H3,(H,28,29). The van der Waals surface area contributed by atoms with Crippen molar-refractivity contribution in [2.45, 2.75) is 142 Å². The molecule has 5 heteroatoms. The van der Waals surface area contributed by atoms with Crippen molar-refractivity contribution in [3.8, 4) is 0 Å². The molecule has 0 radical (unpaired) electrons. The fourth-order valence-electron chi connectivity index (χ4n) is 3.72. The number of aliphatic hydroxyl groups is 1. The molecule has 1 unspecified atom stereocenters. The van der Waals surface area contributed by atoms with Crippen LogP contribution in [0.4, 0.5) is 0 Å². The number of unbranched alkanes of at least 4 members (excludes halogenated alkanes) is 14. The van der Waals surface area contributed by atoms with Crippen molar-refractivity contribution in [3.63, 3.8) is 0 Å². The zero-order chi connectivity index (χ0) is 23.2. The van der Waals surface area contributed by atoms with Gasteiger partial charge in [-0.05, 0) is 12.8 Å². The van der Waals surface area contributed by atoms with Crippen LogP contribution in [0.3, 0.4) is 0 Å². The van der Waals surface area contributed by atoms with Gasteiger partial charge in [0.15, 0.2) is 0 Å². The third kappa shape index (κ3) is 21.7. The molecule has 1 atom stereocenters. The van der Waals surface area contributed by atoms with Crippen molar-refractivity contribution >= 4 is 11.9 Å². The van der Waals surface area contributed by atoms with Gasteiger partial charge in [-0.1, -0.05) is 110 Å². The molecule has 0 amide bonds. The van der Waals surface area contributed by atoms with Gasteiger partial charge in [0.05, 0.1) is 18.6 Å². The summed E-state index contributed by atoms with van der Waals surface area (Å²) >= 11 is 0. The molecule has 182 valence electrons. The van der Waals surface area contributed by atoms with Crippen LogP contribution in [0, 0.1) is 0 Å². The van der Waals surface area contributed by atoms with E-state index in [1.807, 2.05) is 0 Å². The van der Waals surface area contributed by atoms with Crippen molar-refractivity contribution in [1.29, 1.82) is 0 Å². The normalized spacial score (nSPS) is 12.7. The van der Waals surface area contributed by atoms with Crippen LogP contribution < -0.4 is 0 Å². The van der Waals surface area contributed by atoms with Gasteiger partial charge in [-0.2, -0.15) is 0 Å². The number of esters is 1. The molecule has 0 aliphatic rings. The van der Waals surface area contributed by atoms with E-state index in [4.69, 9.17) is 9.84 Å². The van der Waals surface area contributed by atoms with Crippen LogP contribution in [0.15, 0.2) is 11.8 Å². The topological polar surface area (TPSA) is 83.8 Å². The molecule has 0 aromatic carbocycles. The second kappa shape index (κ2) is 21.9. The Bertz CT molecular complexity index is 472. The number of aliphatic carboxylic acids is 1. The average molecular weight is 441 g/mol. The van der Waals surface area contributed by atoms with Crippen LogP contribution in [0.5, 0.6) is 0 Å². The van der Waals surface area contributed by atoms with Crippen molar-refractivity contribution in [1.82, 2.24) is 0 Å². The van der Waals surface area contributed by atoms with Gasteiger partial charge in [0.1, 0.15) is 5.76 Å². The minimum atomic E-state index is -1.11. The van der Waals surface area contributed by atoms with Crippen LogP contribution in [0.1, 0.15) is 136 Å². The number of rotatable bonds is 22. The summed E-state index contributed by atoms with van der Waals surface area (Å²) in [6.45, 7) is 4.41. The second-order valence-electron chi connectivity index (χ2n) is 8.77. The van der Waals surface area contributed by atoms with E-state index in [2.05, 4.69) is 13.8 Å². The molecule has 0 aliphatic heterocycles. The summed E-state index contributed by atoms with van der Waals surface area (Å²) in [5, 5.41) is 19.1. The van der Waals surface area contributed by atoms with Crippen LogP contribution in [0.2, 0.25) is 0 Å². The SMILES string of the molecule is CCCCCCCCCCCC(O)CC(=O)OC(=CC(=O)O)CCCCCCCCC. The van der Waals surface area contributed by atoms with Gasteiger partial charge in [-0.25, -0.2) is 4.79 Å². The van der Waals surface area contributed by atoms with E-state index < -0.39 is 18.0 Å². The molecular weight excluding hydrogens is 392 g/mol. The summed E-state index contributed by atoms with van der Waals surface area (Å²) in [5.74, 6) is -1.46. The highest BCUT2D eigenvalue weighted by atomic mass is 16.5. The highest BCUT2D eigenvalue weighted by Crippen LogP contribution is 2.16. The van der Waals surface area contributed by atoms with Gasteiger partial charge >= 0.3 is 11.9 Å². The summed E-state index contributed by atoms with van der Waals surface area (Å²) in [6.07, 6.45) is 19.9. The number of aliphatic hydroxyl groups excluding tert-OH is 1. The van der Waals surface area contributed by atoms with Gasteiger partial charge in [-0.3, -0.25) is 4.79 Å². The first-order valence-corrected chi connectivity index (χ1v) is 12.8. The van der Waals surface area contributed by atoms with Crippen LogP contribution in [-0.4, -0.2) is 28.3 Å². The van der Waals surface area contributed by atoms with Gasteiger partial charge in [0.2, 0.25) is 0 Å². The van der Waals surface area contributed by atoms with Crippen molar-refractivity contribution in [2.75, 3.05) is 0 Å². The molecule has 0 aliphatic carbocycles. The molecule has 0 saturated carbocycles. The fraction of sp³-hybridized carbons (Fsp3) is 0.846. The minimum absolute atomic E-state index is 0.0784. The lowest BCUT2D eigenvalue weighted by Crippen LogP contribution is -2.16. The minimum Gasteiger partial charge on any atom is -0.478 e. The lowest BCUT2D eigenvalue weighted by molar-refractivity contribution is -0.142. The maximum Gasteiger partial charge on any atom is 0.331 e. The number of carboxylic acid groups (broad SMARTS) is 1. The van der Waals surface area contributed by atoms with Gasteiger partial charge < -0.3 is 14.9 Å². The Kier molecular flexibility index (Phi) is 20.9. The molecule has 0 rings (SSSR count). The van der Waals surface area contributed by atoms with E-state index in [0.29, 0.717) is 12.8 Å². The molecule has 0 saturated heterocycles. The molecule has 0 bridgehead atoms. The second-order valence-corrected chi connectivity index (χ2v) is 8.77. The molecular formula is C26H48O5. The predicted octanol–water partition coefficient (Wildman–Crippen LogP) is 7.31. The molecule has 0 heterocycles. The number of hydrogen-bond donors (Lipinski definition) is 2. The Morgan fingerprint density at radius 3 is 1.68 bits per heavy atom.